The third-order valence-corrected chi connectivity index (χ3v) is 4.77. The minimum Gasteiger partial charge on any atom is -0.469 e. The number of piperidine rings is 1. The first-order chi connectivity index (χ1) is 12.8. The predicted octanol–water partition coefficient (Wildman–Crippen LogP) is 0.602. The molecular weight excluding hydrogens is 358 g/mol. The summed E-state index contributed by atoms with van der Waals surface area (Å²) in [4.78, 5) is 61.5. The fourth-order valence-corrected chi connectivity index (χ4v) is 3.33. The highest BCUT2D eigenvalue weighted by Gasteiger charge is 2.39. The summed E-state index contributed by atoms with van der Waals surface area (Å²) in [5, 5.41) is 10.9. The average Bonchev–Trinajstić information content (AvgIpc) is 2.91. The number of fused-ring (bicyclic) bond motifs is 1. The summed E-state index contributed by atoms with van der Waals surface area (Å²) >= 11 is 0. The molecule has 0 radical (unpaired) electrons. The molecule has 1 atom stereocenters. The maximum Gasteiger partial charge on any atom is 0.310 e. The molecule has 2 aliphatic rings. The summed E-state index contributed by atoms with van der Waals surface area (Å²) in [7, 11) is 1.28. The van der Waals surface area contributed by atoms with E-state index in [1.54, 1.807) is 0 Å². The Bertz CT molecular complexity index is 851. The lowest BCUT2D eigenvalue weighted by Gasteiger charge is -2.32. The van der Waals surface area contributed by atoms with E-state index in [1.807, 2.05) is 0 Å². The summed E-state index contributed by atoms with van der Waals surface area (Å²) < 4.78 is 4.71. The number of amides is 3. The first kappa shape index (κ1) is 18.5. The highest BCUT2D eigenvalue weighted by Crippen LogP contribution is 2.27. The molecular formula is C17H17N3O7. The molecule has 1 fully saturated rings. The van der Waals surface area contributed by atoms with Gasteiger partial charge in [0, 0.05) is 25.2 Å². The Hall–Kier alpha value is -3.30. The number of non-ortho nitro benzene ring substituents is 1. The number of nitro benzene ring substituents is 1. The van der Waals surface area contributed by atoms with E-state index in [1.165, 1.54) is 18.1 Å². The number of nitro groups is 1. The van der Waals surface area contributed by atoms with Gasteiger partial charge >= 0.3 is 5.97 Å². The quantitative estimate of drug-likeness (QED) is 0.326. The molecule has 10 nitrogen and oxygen atoms in total. The number of hydrogen-bond donors (Lipinski definition) is 0. The van der Waals surface area contributed by atoms with Gasteiger partial charge in [-0.3, -0.25) is 34.2 Å². The highest BCUT2D eigenvalue weighted by atomic mass is 16.6. The van der Waals surface area contributed by atoms with Gasteiger partial charge in [0.1, 0.15) is 6.54 Å². The number of ether oxygens (including phenoxy) is 1. The Kier molecular flexibility index (Phi) is 4.89. The van der Waals surface area contributed by atoms with Crippen molar-refractivity contribution >= 4 is 29.4 Å². The fourth-order valence-electron chi connectivity index (χ4n) is 3.33. The largest absolute Gasteiger partial charge is 0.469 e. The van der Waals surface area contributed by atoms with Crippen LogP contribution in [0.2, 0.25) is 0 Å². The molecule has 27 heavy (non-hydrogen) atoms. The predicted molar refractivity (Wildman–Crippen MR) is 89.8 cm³/mol. The standard InChI is InChI=1S/C17H17N3O7/c1-27-17(24)10-3-2-6-18(8-10)14(21)9-19-15(22)12-5-4-11(20(25)26)7-13(12)16(19)23/h4-5,7,10H,2-3,6,8-9H2,1H3. The number of methoxy groups -OCH3 is 1. The summed E-state index contributed by atoms with van der Waals surface area (Å²) in [5.41, 5.74) is -0.363. The van der Waals surface area contributed by atoms with Crippen LogP contribution in [-0.2, 0) is 14.3 Å². The molecule has 3 rings (SSSR count). The molecule has 1 aromatic carbocycles. The molecule has 142 valence electrons. The topological polar surface area (TPSA) is 127 Å². The molecule has 0 aromatic heterocycles. The maximum atomic E-state index is 12.5. The molecule has 3 amide bonds. The lowest BCUT2D eigenvalue weighted by Crippen LogP contribution is -2.47. The van der Waals surface area contributed by atoms with E-state index < -0.39 is 41.1 Å². The molecule has 0 saturated carbocycles. The van der Waals surface area contributed by atoms with Crippen LogP contribution in [0.3, 0.4) is 0 Å². The monoisotopic (exact) mass is 375 g/mol. The lowest BCUT2D eigenvalue weighted by molar-refractivity contribution is -0.384. The van der Waals surface area contributed by atoms with Crippen LogP contribution in [0.4, 0.5) is 5.69 Å². The summed E-state index contributed by atoms with van der Waals surface area (Å²) in [6, 6.07) is 3.39. The van der Waals surface area contributed by atoms with E-state index in [4.69, 9.17) is 4.74 Å². The average molecular weight is 375 g/mol. The normalized spacial score (nSPS) is 19.1. The van der Waals surface area contributed by atoms with Gasteiger partial charge in [0.2, 0.25) is 5.91 Å². The van der Waals surface area contributed by atoms with Gasteiger partial charge in [-0.25, -0.2) is 0 Å². The van der Waals surface area contributed by atoms with Crippen molar-refractivity contribution in [3.05, 3.63) is 39.4 Å². The van der Waals surface area contributed by atoms with E-state index in [-0.39, 0.29) is 23.4 Å². The fraction of sp³-hybridized carbons (Fsp3) is 0.412. The molecule has 0 aliphatic carbocycles. The molecule has 2 aliphatic heterocycles. The lowest BCUT2D eigenvalue weighted by atomic mass is 9.98. The van der Waals surface area contributed by atoms with E-state index in [9.17, 15) is 29.3 Å². The van der Waals surface area contributed by atoms with Gasteiger partial charge in [-0.05, 0) is 18.9 Å². The van der Waals surface area contributed by atoms with Crippen LogP contribution in [0.1, 0.15) is 33.6 Å². The van der Waals surface area contributed by atoms with Crippen LogP contribution < -0.4 is 0 Å². The van der Waals surface area contributed by atoms with Crippen molar-refractivity contribution < 1.29 is 28.8 Å². The van der Waals surface area contributed by atoms with Crippen molar-refractivity contribution in [2.75, 3.05) is 26.7 Å². The van der Waals surface area contributed by atoms with Crippen molar-refractivity contribution in [2.24, 2.45) is 5.92 Å². The van der Waals surface area contributed by atoms with Gasteiger partial charge < -0.3 is 9.64 Å². The van der Waals surface area contributed by atoms with Gasteiger partial charge in [-0.2, -0.15) is 0 Å². The summed E-state index contributed by atoms with van der Waals surface area (Å²) in [6.45, 7) is 0.106. The Morgan fingerprint density at radius 2 is 1.96 bits per heavy atom. The van der Waals surface area contributed by atoms with Crippen molar-refractivity contribution in [2.45, 2.75) is 12.8 Å². The van der Waals surface area contributed by atoms with Gasteiger partial charge in [0.05, 0.1) is 29.1 Å². The molecule has 0 N–H and O–H groups in total. The second-order valence-electron chi connectivity index (χ2n) is 6.39. The maximum absolute atomic E-state index is 12.5. The minimum absolute atomic E-state index is 0.0319. The van der Waals surface area contributed by atoms with Crippen LogP contribution >= 0.6 is 0 Å². The molecule has 1 aromatic rings. The SMILES string of the molecule is COC(=O)C1CCCN(C(=O)CN2C(=O)c3ccc([N+](=O)[O-])cc3C2=O)C1. The number of benzene rings is 1. The van der Waals surface area contributed by atoms with Crippen LogP contribution in [0, 0.1) is 16.0 Å². The van der Waals surface area contributed by atoms with Crippen molar-refractivity contribution in [3.63, 3.8) is 0 Å². The number of rotatable bonds is 4. The zero-order chi connectivity index (χ0) is 19.7. The number of esters is 1. The highest BCUT2D eigenvalue weighted by molar-refractivity contribution is 6.22. The van der Waals surface area contributed by atoms with Crippen molar-refractivity contribution in [3.8, 4) is 0 Å². The molecule has 0 spiro atoms. The van der Waals surface area contributed by atoms with Crippen LogP contribution in [0.15, 0.2) is 18.2 Å². The van der Waals surface area contributed by atoms with Gasteiger partial charge in [-0.15, -0.1) is 0 Å². The van der Waals surface area contributed by atoms with Crippen LogP contribution in [-0.4, -0.2) is 65.2 Å². The number of likely N-dealkylation sites (tertiary alicyclic amines) is 1. The molecule has 1 unspecified atom stereocenters. The van der Waals surface area contributed by atoms with E-state index >= 15 is 0 Å². The number of hydrogen-bond acceptors (Lipinski definition) is 7. The van der Waals surface area contributed by atoms with Gasteiger partial charge in [-0.1, -0.05) is 0 Å². The first-order valence-corrected chi connectivity index (χ1v) is 8.33. The molecule has 1 saturated heterocycles. The Labute approximate surface area is 153 Å². The number of imide groups is 1. The Balaban J connectivity index is 1.73. The van der Waals surface area contributed by atoms with Gasteiger partial charge in [0.15, 0.2) is 0 Å². The van der Waals surface area contributed by atoms with Gasteiger partial charge in [0.25, 0.3) is 17.5 Å². The molecule has 10 heteroatoms. The van der Waals surface area contributed by atoms with E-state index in [2.05, 4.69) is 0 Å². The number of nitrogens with zero attached hydrogens (tertiary/aromatic N) is 3. The number of carbonyl (C=O) groups excluding carboxylic acids is 4. The Morgan fingerprint density at radius 1 is 1.26 bits per heavy atom. The zero-order valence-corrected chi connectivity index (χ0v) is 14.5. The molecule has 0 bridgehead atoms. The molecule has 2 heterocycles. The third-order valence-electron chi connectivity index (χ3n) is 4.77. The zero-order valence-electron chi connectivity index (χ0n) is 14.5. The first-order valence-electron chi connectivity index (χ1n) is 8.33. The third kappa shape index (κ3) is 3.37. The second-order valence-corrected chi connectivity index (χ2v) is 6.39. The summed E-state index contributed by atoms with van der Waals surface area (Å²) in [5.74, 6) is -2.71. The van der Waals surface area contributed by atoms with E-state index in [0.29, 0.717) is 19.4 Å². The van der Waals surface area contributed by atoms with Crippen molar-refractivity contribution in [1.82, 2.24) is 9.80 Å². The minimum atomic E-state index is -0.742. The smallest absolute Gasteiger partial charge is 0.310 e. The number of carbonyl (C=O) groups is 4. The summed E-state index contributed by atoms with van der Waals surface area (Å²) in [6.07, 6.45) is 1.22. The van der Waals surface area contributed by atoms with E-state index in [0.717, 1.165) is 17.0 Å². The second kappa shape index (κ2) is 7.14. The Morgan fingerprint density at radius 3 is 2.63 bits per heavy atom. The van der Waals surface area contributed by atoms with Crippen LogP contribution in [0.5, 0.6) is 0 Å². The van der Waals surface area contributed by atoms with Crippen molar-refractivity contribution in [1.29, 1.82) is 0 Å². The van der Waals surface area contributed by atoms with Crippen LogP contribution in [0.25, 0.3) is 0 Å².